The predicted octanol–water partition coefficient (Wildman–Crippen LogP) is 3.69. The zero-order chi connectivity index (χ0) is 20.5. The third kappa shape index (κ3) is 6.06. The number of anilines is 1. The number of nitrogens with zero attached hydrogens (tertiary/aromatic N) is 1. The van der Waals surface area contributed by atoms with Gasteiger partial charge in [-0.15, -0.1) is 0 Å². The largest absolute Gasteiger partial charge is 0.494 e. The summed E-state index contributed by atoms with van der Waals surface area (Å²) >= 11 is 5.24. The van der Waals surface area contributed by atoms with Gasteiger partial charge in [0, 0.05) is 19.7 Å². The highest BCUT2D eigenvalue weighted by atomic mass is 32.1. The van der Waals surface area contributed by atoms with Crippen molar-refractivity contribution >= 4 is 34.8 Å². The minimum Gasteiger partial charge on any atom is -0.494 e. The number of para-hydroxylation sites is 1. The number of thiocarbonyl (C=S) groups is 1. The van der Waals surface area contributed by atoms with Crippen LogP contribution in [0.1, 0.15) is 40.5 Å². The molecule has 6 nitrogen and oxygen atoms in total. The zero-order valence-corrected chi connectivity index (χ0v) is 17.1. The van der Waals surface area contributed by atoms with Gasteiger partial charge < -0.3 is 15.0 Å². The van der Waals surface area contributed by atoms with Gasteiger partial charge >= 0.3 is 0 Å². The minimum absolute atomic E-state index is 0.112. The van der Waals surface area contributed by atoms with E-state index in [0.29, 0.717) is 29.2 Å². The van der Waals surface area contributed by atoms with E-state index in [2.05, 4.69) is 17.6 Å². The van der Waals surface area contributed by atoms with Crippen molar-refractivity contribution in [3.8, 4) is 5.75 Å². The average molecular weight is 400 g/mol. The summed E-state index contributed by atoms with van der Waals surface area (Å²) in [5.41, 5.74) is 1.44. The summed E-state index contributed by atoms with van der Waals surface area (Å²) in [5, 5.41) is 5.67. The second-order valence-electron chi connectivity index (χ2n) is 6.38. The number of carbonyl (C=O) groups excluding carboxylic acids is 2. The van der Waals surface area contributed by atoms with Crippen LogP contribution in [-0.2, 0) is 0 Å². The van der Waals surface area contributed by atoms with Crippen molar-refractivity contribution < 1.29 is 14.3 Å². The van der Waals surface area contributed by atoms with Gasteiger partial charge in [0.05, 0.1) is 17.9 Å². The van der Waals surface area contributed by atoms with E-state index in [9.17, 15) is 9.59 Å². The van der Waals surface area contributed by atoms with Crippen LogP contribution in [0.2, 0.25) is 0 Å². The maximum atomic E-state index is 12.5. The lowest BCUT2D eigenvalue weighted by Gasteiger charge is -2.16. The summed E-state index contributed by atoms with van der Waals surface area (Å²) in [6.07, 6.45) is 1.99. The van der Waals surface area contributed by atoms with Crippen molar-refractivity contribution in [3.63, 3.8) is 0 Å². The van der Waals surface area contributed by atoms with Crippen LogP contribution >= 0.6 is 12.2 Å². The van der Waals surface area contributed by atoms with Crippen molar-refractivity contribution in [1.82, 2.24) is 10.2 Å². The van der Waals surface area contributed by atoms with E-state index in [-0.39, 0.29) is 16.9 Å². The maximum absolute atomic E-state index is 12.5. The molecule has 0 unspecified atom stereocenters. The minimum atomic E-state index is -0.352. The van der Waals surface area contributed by atoms with Crippen molar-refractivity contribution in [2.24, 2.45) is 0 Å². The van der Waals surface area contributed by atoms with Gasteiger partial charge in [0.2, 0.25) is 0 Å². The Hall–Kier alpha value is -2.93. The molecule has 0 heterocycles. The molecular weight excluding hydrogens is 374 g/mol. The molecule has 148 valence electrons. The zero-order valence-electron chi connectivity index (χ0n) is 16.3. The lowest BCUT2D eigenvalue weighted by atomic mass is 10.1. The summed E-state index contributed by atoms with van der Waals surface area (Å²) in [7, 11) is 3.35. The van der Waals surface area contributed by atoms with E-state index >= 15 is 0 Å². The highest BCUT2D eigenvalue weighted by molar-refractivity contribution is 7.80. The Morgan fingerprint density at radius 3 is 2.57 bits per heavy atom. The first kappa shape index (κ1) is 21.4. The maximum Gasteiger partial charge on any atom is 0.257 e. The first-order chi connectivity index (χ1) is 13.4. The number of nitrogens with one attached hydrogen (secondary N) is 2. The Balaban J connectivity index is 2.03. The smallest absolute Gasteiger partial charge is 0.257 e. The van der Waals surface area contributed by atoms with E-state index in [0.717, 1.165) is 12.8 Å². The lowest BCUT2D eigenvalue weighted by Crippen LogP contribution is -2.35. The summed E-state index contributed by atoms with van der Waals surface area (Å²) in [6, 6.07) is 13.9. The molecule has 2 N–H and O–H groups in total. The Labute approximate surface area is 170 Å². The fourth-order valence-electron chi connectivity index (χ4n) is 2.41. The molecule has 2 aromatic carbocycles. The highest BCUT2D eigenvalue weighted by Gasteiger charge is 2.15. The third-order valence-corrected chi connectivity index (χ3v) is 4.11. The van der Waals surface area contributed by atoms with Gasteiger partial charge in [0.1, 0.15) is 5.75 Å². The lowest BCUT2D eigenvalue weighted by molar-refractivity contribution is 0.0828. The molecule has 28 heavy (non-hydrogen) atoms. The summed E-state index contributed by atoms with van der Waals surface area (Å²) in [4.78, 5) is 26.2. The van der Waals surface area contributed by atoms with E-state index < -0.39 is 0 Å². The molecule has 0 aliphatic rings. The second kappa shape index (κ2) is 10.4. The molecule has 2 rings (SSSR count). The molecule has 2 amide bonds. The van der Waals surface area contributed by atoms with Crippen LogP contribution in [0.25, 0.3) is 0 Å². The molecule has 0 radical (unpaired) electrons. The molecule has 0 saturated carbocycles. The quantitative estimate of drug-likeness (QED) is 0.549. The van der Waals surface area contributed by atoms with E-state index in [1.165, 1.54) is 4.90 Å². The summed E-state index contributed by atoms with van der Waals surface area (Å²) < 4.78 is 5.63. The molecule has 0 atom stereocenters. The number of hydrogen-bond acceptors (Lipinski definition) is 4. The molecule has 7 heteroatoms. The van der Waals surface area contributed by atoms with Gasteiger partial charge in [-0.3, -0.25) is 14.9 Å². The predicted molar refractivity (Wildman–Crippen MR) is 115 cm³/mol. The molecule has 0 aromatic heterocycles. The first-order valence-corrected chi connectivity index (χ1v) is 9.49. The van der Waals surface area contributed by atoms with Crippen LogP contribution < -0.4 is 15.4 Å². The SMILES string of the molecule is CCCCOc1cccc(C(=O)NC(=S)Nc2ccccc2C(=O)N(C)C)c1. The fourth-order valence-corrected chi connectivity index (χ4v) is 2.61. The number of benzene rings is 2. The van der Waals surface area contributed by atoms with Crippen LogP contribution in [-0.4, -0.2) is 42.5 Å². The fraction of sp³-hybridized carbons (Fsp3) is 0.286. The first-order valence-electron chi connectivity index (χ1n) is 9.08. The molecule has 0 bridgehead atoms. The number of ether oxygens (including phenoxy) is 1. The number of rotatable bonds is 7. The number of carbonyl (C=O) groups is 2. The van der Waals surface area contributed by atoms with E-state index in [1.54, 1.807) is 56.6 Å². The number of hydrogen-bond donors (Lipinski definition) is 2. The topological polar surface area (TPSA) is 70.7 Å². The van der Waals surface area contributed by atoms with Gasteiger partial charge in [-0.1, -0.05) is 31.5 Å². The van der Waals surface area contributed by atoms with E-state index in [1.807, 2.05) is 6.07 Å². The normalized spacial score (nSPS) is 10.1. The standard InChI is InChI=1S/C21H25N3O3S/c1-4-5-13-27-16-10-8-9-15(14-16)19(25)23-21(28)22-18-12-7-6-11-17(18)20(26)24(2)3/h6-12,14H,4-5,13H2,1-3H3,(H2,22,23,25,28). The van der Waals surface area contributed by atoms with E-state index in [4.69, 9.17) is 17.0 Å². The Bertz CT molecular complexity index is 852. The van der Waals surface area contributed by atoms with Gasteiger partial charge in [-0.05, 0) is 49.0 Å². The number of amides is 2. The summed E-state index contributed by atoms with van der Waals surface area (Å²) in [5.74, 6) is 0.130. The van der Waals surface area contributed by atoms with Crippen molar-refractivity contribution in [2.75, 3.05) is 26.0 Å². The van der Waals surface area contributed by atoms with Gasteiger partial charge in [0.15, 0.2) is 5.11 Å². The third-order valence-electron chi connectivity index (χ3n) is 3.90. The number of unbranched alkanes of at least 4 members (excludes halogenated alkanes) is 1. The van der Waals surface area contributed by atoms with Gasteiger partial charge in [-0.25, -0.2) is 0 Å². The molecule has 0 fully saturated rings. The molecule has 2 aromatic rings. The Morgan fingerprint density at radius 2 is 1.86 bits per heavy atom. The average Bonchev–Trinajstić information content (AvgIpc) is 2.68. The highest BCUT2D eigenvalue weighted by Crippen LogP contribution is 2.17. The molecule has 0 aliphatic carbocycles. The summed E-state index contributed by atoms with van der Waals surface area (Å²) in [6.45, 7) is 2.70. The second-order valence-corrected chi connectivity index (χ2v) is 6.79. The van der Waals surface area contributed by atoms with Gasteiger partial charge in [-0.2, -0.15) is 0 Å². The molecule has 0 aliphatic heterocycles. The van der Waals surface area contributed by atoms with Crippen LogP contribution in [0, 0.1) is 0 Å². The van der Waals surface area contributed by atoms with Crippen molar-refractivity contribution in [3.05, 3.63) is 59.7 Å². The molecule has 0 saturated heterocycles. The van der Waals surface area contributed by atoms with Crippen LogP contribution in [0.4, 0.5) is 5.69 Å². The Morgan fingerprint density at radius 1 is 1.11 bits per heavy atom. The van der Waals surface area contributed by atoms with Crippen molar-refractivity contribution in [1.29, 1.82) is 0 Å². The van der Waals surface area contributed by atoms with Gasteiger partial charge in [0.25, 0.3) is 11.8 Å². The monoisotopic (exact) mass is 399 g/mol. The Kier molecular flexibility index (Phi) is 7.95. The van der Waals surface area contributed by atoms with Crippen LogP contribution in [0.15, 0.2) is 48.5 Å². The van der Waals surface area contributed by atoms with Crippen LogP contribution in [0.5, 0.6) is 5.75 Å². The molecule has 0 spiro atoms. The van der Waals surface area contributed by atoms with Crippen LogP contribution in [0.3, 0.4) is 0 Å². The van der Waals surface area contributed by atoms with Crippen molar-refractivity contribution in [2.45, 2.75) is 19.8 Å². The molecular formula is C21H25N3O3S.